The van der Waals surface area contributed by atoms with E-state index in [4.69, 9.17) is 23.7 Å². The van der Waals surface area contributed by atoms with Crippen molar-refractivity contribution in [1.29, 1.82) is 0 Å². The number of esters is 2. The molecule has 41 heavy (non-hydrogen) atoms. The summed E-state index contributed by atoms with van der Waals surface area (Å²) < 4.78 is 28.7. The third-order valence-corrected chi connectivity index (χ3v) is 8.76. The Morgan fingerprint density at radius 2 is 1.88 bits per heavy atom. The number of carbonyl (C=O) groups is 2. The minimum atomic E-state index is -2.14. The summed E-state index contributed by atoms with van der Waals surface area (Å²) in [5.41, 5.74) is -1.45. The minimum absolute atomic E-state index is 0.0705. The van der Waals surface area contributed by atoms with Crippen LogP contribution in [-0.4, -0.2) is 83.0 Å². The number of fused-ring (bicyclic) bond motifs is 3. The van der Waals surface area contributed by atoms with Crippen LogP contribution in [0.1, 0.15) is 83.3 Å². The fourth-order valence-electron chi connectivity index (χ4n) is 6.94. The molecule has 4 aliphatic rings. The molecule has 0 amide bonds. The van der Waals surface area contributed by atoms with E-state index < -0.39 is 47.3 Å². The Morgan fingerprint density at radius 3 is 2.56 bits per heavy atom. The highest BCUT2D eigenvalue weighted by Gasteiger charge is 2.59. The van der Waals surface area contributed by atoms with Crippen molar-refractivity contribution in [3.05, 3.63) is 35.1 Å². The summed E-state index contributed by atoms with van der Waals surface area (Å²) in [5, 5.41) is 21.9. The predicted octanol–water partition coefficient (Wildman–Crippen LogP) is 3.36. The highest BCUT2D eigenvalue weighted by Crippen LogP contribution is 2.55. The van der Waals surface area contributed by atoms with E-state index in [-0.39, 0.29) is 19.1 Å². The van der Waals surface area contributed by atoms with Gasteiger partial charge in [-0.25, -0.2) is 4.79 Å². The molecule has 1 aromatic carbocycles. The molecule has 1 fully saturated rings. The average Bonchev–Trinajstić information content (AvgIpc) is 3.56. The first-order valence-electron chi connectivity index (χ1n) is 14.6. The molecule has 1 aliphatic carbocycles. The smallest absolute Gasteiger partial charge is 0.339 e. The Hall–Kier alpha value is -2.82. The van der Waals surface area contributed by atoms with Gasteiger partial charge in [-0.05, 0) is 102 Å². The monoisotopic (exact) mass is 573 g/mol. The lowest BCUT2D eigenvalue weighted by Gasteiger charge is -2.39. The summed E-state index contributed by atoms with van der Waals surface area (Å²) in [6, 6.07) is 4.01. The van der Waals surface area contributed by atoms with Gasteiger partial charge in [-0.2, -0.15) is 0 Å². The van der Waals surface area contributed by atoms with Crippen LogP contribution in [-0.2, 0) is 30.2 Å². The molecule has 10 heteroatoms. The Kier molecular flexibility index (Phi) is 8.04. The number of hydrogen-bond donors (Lipinski definition) is 2. The number of benzene rings is 1. The standard InChI is InChI=1S/C31H43NO9/c1-19(2)40-25(33)17-31(36,11-6-9-29(3,4)35)28(34)41-27-24(37-5)16-30-10-7-12-32(30)13-8-20-14-22-23(39-18-38-22)15-21(20)26(27)30/h14-16,19,26-27,35-36H,6-13,17-18H2,1-5H3/t26-,27?,30-,31-/m1/s1. The Labute approximate surface area is 241 Å². The molecule has 3 heterocycles. The van der Waals surface area contributed by atoms with Crippen LogP contribution in [0.15, 0.2) is 24.0 Å². The van der Waals surface area contributed by atoms with E-state index in [2.05, 4.69) is 11.0 Å². The SMILES string of the molecule is COC1=C[C@@]23CCCN2CCc2cc4c(cc2[C@@H]3C1OC(=O)[C@@](O)(CCCC(C)(C)O)CC(=O)OC(C)C)OCO4. The van der Waals surface area contributed by atoms with Gasteiger partial charge in [0.25, 0.3) is 0 Å². The van der Waals surface area contributed by atoms with Gasteiger partial charge < -0.3 is 33.9 Å². The summed E-state index contributed by atoms with van der Waals surface area (Å²) in [7, 11) is 1.56. The van der Waals surface area contributed by atoms with Gasteiger partial charge in [0.15, 0.2) is 23.2 Å². The highest BCUT2D eigenvalue weighted by atomic mass is 16.7. The number of hydrogen-bond acceptors (Lipinski definition) is 10. The van der Waals surface area contributed by atoms with Crippen molar-refractivity contribution < 1.29 is 43.5 Å². The van der Waals surface area contributed by atoms with Gasteiger partial charge in [0.2, 0.25) is 6.79 Å². The lowest BCUT2D eigenvalue weighted by Crippen LogP contribution is -2.49. The summed E-state index contributed by atoms with van der Waals surface area (Å²) in [5.74, 6) is -0.0295. The number of ether oxygens (including phenoxy) is 5. The first-order valence-corrected chi connectivity index (χ1v) is 14.6. The molecular weight excluding hydrogens is 530 g/mol. The van der Waals surface area contributed by atoms with Gasteiger partial charge in [0.1, 0.15) is 5.76 Å². The third kappa shape index (κ3) is 5.79. The molecule has 1 spiro atoms. The number of nitrogens with zero attached hydrogens (tertiary/aromatic N) is 1. The second-order valence-corrected chi connectivity index (χ2v) is 12.7. The average molecular weight is 574 g/mol. The predicted molar refractivity (Wildman–Crippen MR) is 148 cm³/mol. The Bertz CT molecular complexity index is 1200. The molecule has 4 atom stereocenters. The van der Waals surface area contributed by atoms with Gasteiger partial charge in [-0.1, -0.05) is 0 Å². The summed E-state index contributed by atoms with van der Waals surface area (Å²) >= 11 is 0. The Morgan fingerprint density at radius 1 is 1.15 bits per heavy atom. The molecule has 10 nitrogen and oxygen atoms in total. The van der Waals surface area contributed by atoms with Crippen LogP contribution in [0.2, 0.25) is 0 Å². The third-order valence-electron chi connectivity index (χ3n) is 8.76. The Balaban J connectivity index is 1.49. The van der Waals surface area contributed by atoms with Crippen molar-refractivity contribution in [3.8, 4) is 11.5 Å². The number of rotatable bonds is 10. The molecule has 0 saturated carbocycles. The van der Waals surface area contributed by atoms with Gasteiger partial charge in [0, 0.05) is 6.54 Å². The maximum Gasteiger partial charge on any atom is 0.339 e. The lowest BCUT2D eigenvalue weighted by molar-refractivity contribution is -0.180. The molecule has 0 aromatic heterocycles. The zero-order valence-corrected chi connectivity index (χ0v) is 24.7. The quantitative estimate of drug-likeness (QED) is 0.403. The van der Waals surface area contributed by atoms with Crippen LogP contribution >= 0.6 is 0 Å². The van der Waals surface area contributed by atoms with Crippen LogP contribution in [0.4, 0.5) is 0 Å². The molecule has 1 unspecified atom stereocenters. The first-order chi connectivity index (χ1) is 19.3. The second-order valence-electron chi connectivity index (χ2n) is 12.7. The highest BCUT2D eigenvalue weighted by molar-refractivity contribution is 5.86. The normalized spacial score (nSPS) is 26.4. The number of methoxy groups -OCH3 is 1. The van der Waals surface area contributed by atoms with Crippen molar-refractivity contribution >= 4 is 11.9 Å². The van der Waals surface area contributed by atoms with Crippen molar-refractivity contribution in [2.45, 2.75) is 108 Å². The molecular formula is C31H43NO9. The molecule has 0 radical (unpaired) electrons. The van der Waals surface area contributed by atoms with Crippen molar-refractivity contribution in [2.24, 2.45) is 0 Å². The molecule has 226 valence electrons. The summed E-state index contributed by atoms with van der Waals surface area (Å²) in [6.07, 6.45) is 3.53. The zero-order chi connectivity index (χ0) is 29.6. The van der Waals surface area contributed by atoms with E-state index in [1.807, 2.05) is 12.1 Å². The van der Waals surface area contributed by atoms with Gasteiger partial charge >= 0.3 is 11.9 Å². The van der Waals surface area contributed by atoms with Crippen LogP contribution in [0, 0.1) is 0 Å². The lowest BCUT2D eigenvalue weighted by atomic mass is 9.77. The molecule has 2 N–H and O–H groups in total. The molecule has 1 saturated heterocycles. The first kappa shape index (κ1) is 29.7. The maximum absolute atomic E-state index is 13.9. The van der Waals surface area contributed by atoms with Crippen molar-refractivity contribution in [3.63, 3.8) is 0 Å². The van der Waals surface area contributed by atoms with E-state index >= 15 is 0 Å². The van der Waals surface area contributed by atoms with Crippen molar-refractivity contribution in [2.75, 3.05) is 27.0 Å². The molecule has 0 bridgehead atoms. The topological polar surface area (TPSA) is 124 Å². The van der Waals surface area contributed by atoms with E-state index in [9.17, 15) is 19.8 Å². The minimum Gasteiger partial charge on any atom is -0.497 e. The fraction of sp³-hybridized carbons (Fsp3) is 0.677. The van der Waals surface area contributed by atoms with E-state index in [1.54, 1.807) is 34.8 Å². The van der Waals surface area contributed by atoms with Gasteiger partial charge in [-0.3, -0.25) is 9.69 Å². The number of carbonyl (C=O) groups excluding carboxylic acids is 2. The van der Waals surface area contributed by atoms with E-state index in [1.165, 1.54) is 0 Å². The molecule has 1 aromatic rings. The van der Waals surface area contributed by atoms with Gasteiger partial charge in [0.05, 0.1) is 36.7 Å². The zero-order valence-electron chi connectivity index (χ0n) is 24.7. The van der Waals surface area contributed by atoms with Crippen LogP contribution in [0.25, 0.3) is 0 Å². The summed E-state index contributed by atoms with van der Waals surface area (Å²) in [6.45, 7) is 8.64. The largest absolute Gasteiger partial charge is 0.497 e. The van der Waals surface area contributed by atoms with Gasteiger partial charge in [-0.15, -0.1) is 0 Å². The molecule has 3 aliphatic heterocycles. The summed E-state index contributed by atoms with van der Waals surface area (Å²) in [4.78, 5) is 29.0. The maximum atomic E-state index is 13.9. The van der Waals surface area contributed by atoms with Crippen LogP contribution in [0.5, 0.6) is 11.5 Å². The number of aliphatic hydroxyl groups is 2. The van der Waals surface area contributed by atoms with Crippen molar-refractivity contribution in [1.82, 2.24) is 4.90 Å². The van der Waals surface area contributed by atoms with E-state index in [0.29, 0.717) is 30.1 Å². The van der Waals surface area contributed by atoms with E-state index in [0.717, 1.165) is 43.5 Å². The molecule has 5 rings (SSSR count). The van der Waals surface area contributed by atoms with Crippen LogP contribution in [0.3, 0.4) is 0 Å². The fourth-order valence-corrected chi connectivity index (χ4v) is 6.94. The second kappa shape index (κ2) is 11.1. The van der Waals surface area contributed by atoms with Crippen LogP contribution < -0.4 is 9.47 Å².